The number of rotatable bonds is 10. The van der Waals surface area contributed by atoms with Gasteiger partial charge < -0.3 is 0 Å². The fourth-order valence-corrected chi connectivity index (χ4v) is 19.3. The van der Waals surface area contributed by atoms with Gasteiger partial charge in [-0.15, -0.1) is 0 Å². The lowest BCUT2D eigenvalue weighted by Gasteiger charge is -2.54. The van der Waals surface area contributed by atoms with Crippen molar-refractivity contribution < 1.29 is 0 Å². The van der Waals surface area contributed by atoms with Crippen LogP contribution in [0.2, 0.25) is 22.7 Å². The van der Waals surface area contributed by atoms with Crippen LogP contribution < -0.4 is 0 Å². The standard InChI is InChI=1S/C32H54Si/c1-2-3-4-5-6-14-25-33(28-17-8-7-9-18-28,31-23-21-26-15-10-12-19-29(26)31)32-24-22-27-16-11-13-20-30(27)32/h10,12,15,19,26-32H,2-9,11,13-14,16-18,20-25H2,1H3/t26?,27?,29?,30?,31-,32-,33+/m0/s1. The number of unbranched alkanes of at least 4 members (excludes halogenated alkanes) is 5. The lowest BCUT2D eigenvalue weighted by Crippen LogP contribution is -2.52. The summed E-state index contributed by atoms with van der Waals surface area (Å²) in [4.78, 5) is 0. The average molecular weight is 467 g/mol. The van der Waals surface area contributed by atoms with Crippen LogP contribution in [0.1, 0.15) is 129 Å². The minimum Gasteiger partial charge on any atom is -0.0808 e. The summed E-state index contributed by atoms with van der Waals surface area (Å²) in [5.41, 5.74) is 3.49. The minimum absolute atomic E-state index is 0.892. The molecule has 0 spiro atoms. The number of allylic oxidation sites excluding steroid dienone is 4. The maximum absolute atomic E-state index is 2.72. The average Bonchev–Trinajstić information content (AvgIpc) is 3.50. The van der Waals surface area contributed by atoms with E-state index in [1.807, 2.05) is 0 Å². The van der Waals surface area contributed by atoms with Gasteiger partial charge in [0.15, 0.2) is 0 Å². The zero-order valence-corrected chi connectivity index (χ0v) is 23.0. The number of hydrogen-bond acceptors (Lipinski definition) is 0. The summed E-state index contributed by atoms with van der Waals surface area (Å²) in [6.45, 7) is 2.37. The maximum atomic E-state index is 2.72. The van der Waals surface area contributed by atoms with Crippen molar-refractivity contribution in [3.05, 3.63) is 24.3 Å². The minimum atomic E-state index is -1.40. The van der Waals surface area contributed by atoms with E-state index in [4.69, 9.17) is 0 Å². The Hall–Kier alpha value is -0.303. The van der Waals surface area contributed by atoms with Gasteiger partial charge in [-0.2, -0.15) is 0 Å². The van der Waals surface area contributed by atoms with Gasteiger partial charge in [-0.05, 0) is 46.7 Å². The van der Waals surface area contributed by atoms with Crippen molar-refractivity contribution in [2.24, 2.45) is 23.7 Å². The normalized spacial score (nSPS) is 38.2. The Bertz CT molecular complexity index is 657. The highest BCUT2D eigenvalue weighted by atomic mass is 28.3. The Labute approximate surface area is 207 Å². The Morgan fingerprint density at radius 1 is 0.636 bits per heavy atom. The molecule has 1 heteroatoms. The third kappa shape index (κ3) is 5.01. The van der Waals surface area contributed by atoms with Crippen LogP contribution in [-0.2, 0) is 0 Å². The van der Waals surface area contributed by atoms with E-state index in [1.54, 1.807) is 89.5 Å². The van der Waals surface area contributed by atoms with E-state index in [1.165, 1.54) is 49.6 Å². The zero-order valence-electron chi connectivity index (χ0n) is 22.0. The SMILES string of the molecule is CCCCCCCC[Si@@](C1CCCCC1)([C@H]1CCC2C=CC=CC21)[C@H]1CCC2CCCCC21. The third-order valence-corrected chi connectivity index (χ3v) is 19.1. The Morgan fingerprint density at radius 2 is 1.36 bits per heavy atom. The number of hydrogen-bond donors (Lipinski definition) is 0. The van der Waals surface area contributed by atoms with Crippen LogP contribution in [0.3, 0.4) is 0 Å². The molecule has 0 aromatic rings. The van der Waals surface area contributed by atoms with Gasteiger partial charge in [-0.3, -0.25) is 0 Å². The van der Waals surface area contributed by atoms with Gasteiger partial charge in [0.05, 0.1) is 8.07 Å². The van der Waals surface area contributed by atoms with Gasteiger partial charge in [0.1, 0.15) is 0 Å². The van der Waals surface area contributed by atoms with E-state index >= 15 is 0 Å². The van der Waals surface area contributed by atoms with Crippen LogP contribution in [0, 0.1) is 23.7 Å². The van der Waals surface area contributed by atoms with Crippen LogP contribution in [0.4, 0.5) is 0 Å². The third-order valence-electron chi connectivity index (χ3n) is 11.6. The quantitative estimate of drug-likeness (QED) is 0.222. The van der Waals surface area contributed by atoms with Gasteiger partial charge in [0.25, 0.3) is 0 Å². The van der Waals surface area contributed by atoms with Crippen LogP contribution in [0.5, 0.6) is 0 Å². The molecule has 33 heavy (non-hydrogen) atoms. The van der Waals surface area contributed by atoms with Crippen molar-refractivity contribution in [3.63, 3.8) is 0 Å². The summed E-state index contributed by atoms with van der Waals surface area (Å²) in [7, 11) is -1.40. The molecule has 5 aliphatic rings. The van der Waals surface area contributed by atoms with Crippen molar-refractivity contribution in [2.75, 3.05) is 0 Å². The summed E-state index contributed by atoms with van der Waals surface area (Å²) in [5, 5.41) is 0. The second kappa shape index (κ2) is 11.6. The second-order valence-corrected chi connectivity index (χ2v) is 18.1. The molecular weight excluding hydrogens is 412 g/mol. The van der Waals surface area contributed by atoms with Crippen molar-refractivity contribution in [3.8, 4) is 0 Å². The van der Waals surface area contributed by atoms with Crippen molar-refractivity contribution in [2.45, 2.75) is 152 Å². The Kier molecular flexibility index (Phi) is 8.59. The van der Waals surface area contributed by atoms with Crippen LogP contribution in [0.25, 0.3) is 0 Å². The van der Waals surface area contributed by atoms with Crippen LogP contribution >= 0.6 is 0 Å². The smallest absolute Gasteiger partial charge is 0.0638 e. The molecule has 5 rings (SSSR count). The molecule has 0 amide bonds. The molecule has 186 valence electrons. The first kappa shape index (κ1) is 24.4. The molecule has 5 aliphatic carbocycles. The molecule has 0 aliphatic heterocycles. The first-order valence-electron chi connectivity index (χ1n) is 15.7. The predicted octanol–water partition coefficient (Wildman–Crippen LogP) is 10.6. The molecule has 0 nitrogen and oxygen atoms in total. The molecule has 0 N–H and O–H groups in total. The maximum Gasteiger partial charge on any atom is 0.0638 e. The molecule has 0 bridgehead atoms. The lowest BCUT2D eigenvalue weighted by atomic mass is 9.82. The van der Waals surface area contributed by atoms with E-state index in [9.17, 15) is 0 Å². The molecule has 0 radical (unpaired) electrons. The first-order valence-corrected chi connectivity index (χ1v) is 18.1. The fraction of sp³-hybridized carbons (Fsp3) is 0.875. The molecule has 0 heterocycles. The summed E-state index contributed by atoms with van der Waals surface area (Å²) >= 11 is 0. The Balaban J connectivity index is 1.45. The molecule has 4 saturated carbocycles. The molecule has 0 aromatic carbocycles. The predicted molar refractivity (Wildman–Crippen MR) is 147 cm³/mol. The molecular formula is C32H54Si. The highest BCUT2D eigenvalue weighted by Crippen LogP contribution is 2.66. The molecule has 0 saturated heterocycles. The van der Waals surface area contributed by atoms with Crippen molar-refractivity contribution >= 4 is 8.07 Å². The van der Waals surface area contributed by atoms with E-state index in [2.05, 4.69) is 31.2 Å². The molecule has 7 atom stereocenters. The van der Waals surface area contributed by atoms with Gasteiger partial charge in [0, 0.05) is 0 Å². The fourth-order valence-electron chi connectivity index (χ4n) is 10.3. The van der Waals surface area contributed by atoms with Crippen molar-refractivity contribution in [1.29, 1.82) is 0 Å². The zero-order chi connectivity index (χ0) is 22.5. The largest absolute Gasteiger partial charge is 0.0808 e. The summed E-state index contributed by atoms with van der Waals surface area (Å²) in [6, 6.07) is 1.73. The summed E-state index contributed by atoms with van der Waals surface area (Å²) < 4.78 is 0. The molecule has 0 aromatic heterocycles. The van der Waals surface area contributed by atoms with E-state index in [0.717, 1.165) is 29.2 Å². The number of fused-ring (bicyclic) bond motifs is 2. The Morgan fingerprint density at radius 3 is 2.24 bits per heavy atom. The van der Waals surface area contributed by atoms with E-state index in [0.29, 0.717) is 0 Å². The van der Waals surface area contributed by atoms with Crippen LogP contribution in [0.15, 0.2) is 24.3 Å². The summed E-state index contributed by atoms with van der Waals surface area (Å²) in [6.07, 6.45) is 39.8. The monoisotopic (exact) mass is 466 g/mol. The highest BCUT2D eigenvalue weighted by Gasteiger charge is 2.59. The van der Waals surface area contributed by atoms with Crippen LogP contribution in [-0.4, -0.2) is 8.07 Å². The lowest BCUT2D eigenvalue weighted by molar-refractivity contribution is 0.270. The van der Waals surface area contributed by atoms with Crippen molar-refractivity contribution in [1.82, 2.24) is 0 Å². The highest BCUT2D eigenvalue weighted by molar-refractivity contribution is 6.84. The second-order valence-electron chi connectivity index (χ2n) is 13.1. The van der Waals surface area contributed by atoms with Gasteiger partial charge in [-0.25, -0.2) is 0 Å². The van der Waals surface area contributed by atoms with E-state index in [-0.39, 0.29) is 0 Å². The van der Waals surface area contributed by atoms with Gasteiger partial charge in [0.2, 0.25) is 0 Å². The topological polar surface area (TPSA) is 0 Å². The van der Waals surface area contributed by atoms with Gasteiger partial charge >= 0.3 is 0 Å². The summed E-state index contributed by atoms with van der Waals surface area (Å²) in [5.74, 6) is 4.09. The van der Waals surface area contributed by atoms with Gasteiger partial charge in [-0.1, -0.05) is 153 Å². The molecule has 4 unspecified atom stereocenters. The first-order chi connectivity index (χ1) is 16.3. The van der Waals surface area contributed by atoms with E-state index < -0.39 is 8.07 Å². The molecule has 4 fully saturated rings.